The van der Waals surface area contributed by atoms with Crippen LogP contribution in [0.25, 0.3) is 22.2 Å². The summed E-state index contributed by atoms with van der Waals surface area (Å²) in [5.41, 5.74) is 5.02. The van der Waals surface area contributed by atoms with Crippen molar-refractivity contribution in [1.29, 1.82) is 0 Å². The molecule has 0 radical (unpaired) electrons. The normalized spacial score (nSPS) is 15.8. The van der Waals surface area contributed by atoms with Crippen molar-refractivity contribution in [2.75, 3.05) is 81.6 Å². The molecule has 3 N–H and O–H groups in total. The van der Waals surface area contributed by atoms with E-state index in [1.165, 1.54) is 52.2 Å². The Morgan fingerprint density at radius 3 is 2.44 bits per heavy atom. The number of hydrogen-bond acceptors (Lipinski definition) is 11. The molecule has 0 saturated carbocycles. The number of anilines is 5. The quantitative estimate of drug-likeness (QED) is 0.0408. The summed E-state index contributed by atoms with van der Waals surface area (Å²) in [4.78, 5) is 61.4. The third kappa shape index (κ3) is 13.6. The first-order chi connectivity index (χ1) is 37.6. The van der Waals surface area contributed by atoms with Gasteiger partial charge in [-0.3, -0.25) is 24.2 Å². The number of likely N-dealkylation sites (tertiary alicyclic amines) is 1. The zero-order valence-corrected chi connectivity index (χ0v) is 44.9. The predicted molar refractivity (Wildman–Crippen MR) is 300 cm³/mol. The lowest BCUT2D eigenvalue weighted by atomic mass is 10.00. The minimum atomic E-state index is -4.63. The van der Waals surface area contributed by atoms with E-state index in [4.69, 9.17) is 4.74 Å². The molecule has 6 heterocycles. The Bertz CT molecular complexity index is 3160. The van der Waals surface area contributed by atoms with Crippen LogP contribution in [0.15, 0.2) is 121 Å². The number of benzene rings is 3. The third-order valence-corrected chi connectivity index (χ3v) is 15.4. The largest absolute Gasteiger partial charge is 0.484 e. The summed E-state index contributed by atoms with van der Waals surface area (Å²) in [5, 5.41) is 7.85. The number of carbonyl (C=O) groups excluding carboxylic acids is 3. The number of para-hydroxylation sites is 1. The van der Waals surface area contributed by atoms with Crippen LogP contribution >= 0.6 is 11.3 Å². The second-order valence-corrected chi connectivity index (χ2v) is 20.9. The summed E-state index contributed by atoms with van der Waals surface area (Å²) in [6.07, 6.45) is 7.21. The van der Waals surface area contributed by atoms with Crippen LogP contribution in [0.2, 0.25) is 0 Å². The van der Waals surface area contributed by atoms with Gasteiger partial charge >= 0.3 is 6.18 Å². The van der Waals surface area contributed by atoms with Crippen molar-refractivity contribution >= 4 is 69.5 Å². The highest BCUT2D eigenvalue weighted by Gasteiger charge is 2.36. The lowest BCUT2D eigenvalue weighted by Gasteiger charge is -2.43. The number of thiophene rings is 1. The van der Waals surface area contributed by atoms with Crippen molar-refractivity contribution in [1.82, 2.24) is 35.0 Å². The van der Waals surface area contributed by atoms with E-state index in [1.54, 1.807) is 24.5 Å². The lowest BCUT2D eigenvalue weighted by Crippen LogP contribution is -2.54. The Labute approximate surface area is 456 Å². The minimum absolute atomic E-state index is 0.0180. The van der Waals surface area contributed by atoms with Gasteiger partial charge in [-0.15, -0.1) is 11.3 Å². The van der Waals surface area contributed by atoms with Crippen molar-refractivity contribution in [2.24, 2.45) is 0 Å². The Balaban J connectivity index is 0.645. The van der Waals surface area contributed by atoms with Crippen molar-refractivity contribution in [3.8, 4) is 16.3 Å². The zero-order valence-electron chi connectivity index (χ0n) is 44.0. The maximum atomic E-state index is 15.0. The van der Waals surface area contributed by atoms with Gasteiger partial charge in [0, 0.05) is 77.2 Å². The molecule has 3 amide bonds. The number of alkyl halides is 3. The van der Waals surface area contributed by atoms with Crippen molar-refractivity contribution in [3.63, 3.8) is 0 Å². The number of allylic oxidation sites excluding steroid dienone is 4. The van der Waals surface area contributed by atoms with Gasteiger partial charge < -0.3 is 35.1 Å². The first-order valence-electron chi connectivity index (χ1n) is 26.2. The van der Waals surface area contributed by atoms with E-state index in [0.29, 0.717) is 50.6 Å². The van der Waals surface area contributed by atoms with E-state index in [0.717, 1.165) is 79.4 Å². The molecule has 19 heteroatoms. The van der Waals surface area contributed by atoms with E-state index in [9.17, 15) is 27.6 Å². The number of piperidine rings is 1. The summed E-state index contributed by atoms with van der Waals surface area (Å²) >= 11 is 1.70. The van der Waals surface area contributed by atoms with Gasteiger partial charge in [0.15, 0.2) is 12.4 Å². The van der Waals surface area contributed by atoms with Gasteiger partial charge in [0.05, 0.1) is 33.6 Å². The lowest BCUT2D eigenvalue weighted by molar-refractivity contribution is -0.138. The molecule has 3 aromatic heterocycles. The summed E-state index contributed by atoms with van der Waals surface area (Å²) in [7, 11) is 3.09. The average molecular weight is 1090 g/mol. The first-order valence-corrected chi connectivity index (χ1v) is 27.1. The van der Waals surface area contributed by atoms with Crippen LogP contribution < -0.4 is 25.2 Å². The summed E-state index contributed by atoms with van der Waals surface area (Å²) < 4.78 is 64.5. The summed E-state index contributed by atoms with van der Waals surface area (Å²) in [5.74, 6) is -0.377. The molecule has 0 spiro atoms. The van der Waals surface area contributed by atoms with Gasteiger partial charge in [-0.05, 0) is 134 Å². The van der Waals surface area contributed by atoms with Crippen molar-refractivity contribution in [3.05, 3.63) is 155 Å². The smallest absolute Gasteiger partial charge is 0.416 e. The zero-order chi connectivity index (χ0) is 54.9. The molecule has 0 bridgehead atoms. The van der Waals surface area contributed by atoms with Crippen LogP contribution in [-0.4, -0.2) is 120 Å². The number of aromatic amines is 1. The second-order valence-electron chi connectivity index (χ2n) is 19.9. The number of amides is 3. The number of H-pyrrole nitrogens is 1. The number of nitrogens with one attached hydrogen (secondary N) is 3. The molecule has 2 fully saturated rings. The fraction of sp³-hybridized carbons (Fsp3) is 0.339. The molecule has 0 unspecified atom stereocenters. The molecule has 408 valence electrons. The molecular formula is C59H64F4N10O4S. The molecule has 0 aliphatic carbocycles. The van der Waals surface area contributed by atoms with Crippen LogP contribution in [0.3, 0.4) is 0 Å². The van der Waals surface area contributed by atoms with Crippen LogP contribution in [0, 0.1) is 5.82 Å². The number of aromatic nitrogens is 3. The standard InChI is InChI=1S/C59H64F4N10O4S/c1-39(34-43-20-23-50(66-43)52-12-9-33-78-52)14-15-40(2)41-17-21-46(22-18-41)77-38-53(74)64-26-7-5-6-13-54(75)73-31-29-72(30-32-73)45-24-27-71(28-25-45)37-42-16-19-44(35-48(42)59(61,62)63)67-58-65-36-51-56(68-58)70(4)55-47(57(76)69(51)3)10-8-11-49(55)60/h8-12,14-23,33-36,45,66H,2,5-7,13,24-32,37-38H2,1,3-4H3,(H,64,74)(H,65,67,68)/b15-14-,39-34+. The molecule has 6 aromatic rings. The van der Waals surface area contributed by atoms with E-state index in [-0.39, 0.29) is 65.3 Å². The third-order valence-electron chi connectivity index (χ3n) is 14.5. The molecule has 0 atom stereocenters. The number of halogens is 4. The Hall–Kier alpha value is -7.61. The van der Waals surface area contributed by atoms with Crippen LogP contribution in [0.4, 0.5) is 46.4 Å². The van der Waals surface area contributed by atoms with Gasteiger partial charge in [0.2, 0.25) is 11.9 Å². The molecule has 3 aliphatic rings. The topological polar surface area (TPSA) is 142 Å². The van der Waals surface area contributed by atoms with E-state index in [1.807, 2.05) is 54.3 Å². The maximum Gasteiger partial charge on any atom is 0.416 e. The Morgan fingerprint density at radius 1 is 0.910 bits per heavy atom. The second kappa shape index (κ2) is 24.8. The van der Waals surface area contributed by atoms with Crippen LogP contribution in [0.1, 0.15) is 78.2 Å². The summed E-state index contributed by atoms with van der Waals surface area (Å²) in [6.45, 7) is 10.8. The van der Waals surface area contributed by atoms with Gasteiger partial charge in [0.25, 0.3) is 11.8 Å². The molecule has 2 saturated heterocycles. The minimum Gasteiger partial charge on any atom is -0.484 e. The molecule has 14 nitrogen and oxygen atoms in total. The van der Waals surface area contributed by atoms with Crippen molar-refractivity contribution in [2.45, 2.75) is 64.2 Å². The number of fused-ring (bicyclic) bond motifs is 2. The van der Waals surface area contributed by atoms with Gasteiger partial charge in [0.1, 0.15) is 17.3 Å². The molecule has 3 aliphatic heterocycles. The number of hydrogen-bond donors (Lipinski definition) is 3. The SMILES string of the molecule is C=C(/C=C\C(C)=C\c1ccc(-c2cccs2)[nH]1)c1ccc(OCC(=O)NCCCCCC(=O)N2CCN(C3CCN(Cc4ccc(Nc5ncc6c(n5)N(C)c5c(F)cccc5C(=O)N6C)cc4C(F)(F)F)CC3)CC2)cc1. The molecule has 3 aromatic carbocycles. The highest BCUT2D eigenvalue weighted by Crippen LogP contribution is 2.40. The van der Waals surface area contributed by atoms with Gasteiger partial charge in [-0.25, -0.2) is 9.37 Å². The fourth-order valence-electron chi connectivity index (χ4n) is 10.2. The average Bonchev–Trinajstić information content (AvgIpc) is 4.24. The van der Waals surface area contributed by atoms with Crippen LogP contribution in [-0.2, 0) is 22.3 Å². The van der Waals surface area contributed by atoms with Gasteiger partial charge in [-0.2, -0.15) is 18.2 Å². The number of rotatable bonds is 19. The van der Waals surface area contributed by atoms with Crippen LogP contribution in [0.5, 0.6) is 5.75 Å². The van der Waals surface area contributed by atoms with Crippen molar-refractivity contribution < 1.29 is 36.7 Å². The number of carbonyl (C=O) groups is 3. The van der Waals surface area contributed by atoms with E-state index in [2.05, 4.69) is 71.6 Å². The fourth-order valence-corrected chi connectivity index (χ4v) is 10.9. The maximum absolute atomic E-state index is 15.0. The number of piperazine rings is 1. The van der Waals surface area contributed by atoms with E-state index < -0.39 is 23.5 Å². The Morgan fingerprint density at radius 2 is 1.69 bits per heavy atom. The highest BCUT2D eigenvalue weighted by atomic mass is 32.1. The van der Waals surface area contributed by atoms with E-state index >= 15 is 4.39 Å². The number of ether oxygens (including phenoxy) is 1. The number of nitrogens with zero attached hydrogens (tertiary/aromatic N) is 7. The predicted octanol–water partition coefficient (Wildman–Crippen LogP) is 11.3. The highest BCUT2D eigenvalue weighted by molar-refractivity contribution is 7.13. The summed E-state index contributed by atoms with van der Waals surface area (Å²) in [6, 6.07) is 24.4. The van der Waals surface area contributed by atoms with Gasteiger partial charge in [-0.1, -0.05) is 55.5 Å². The molecule has 78 heavy (non-hydrogen) atoms. The first kappa shape index (κ1) is 55.2. The number of unbranched alkanes of at least 4 members (excludes halogenated alkanes) is 2. The Kier molecular flexibility index (Phi) is 17.5. The molecular weight excluding hydrogens is 1020 g/mol. The monoisotopic (exact) mass is 1080 g/mol. The molecule has 9 rings (SSSR count).